The molecule has 2 aromatic carbocycles. The molecule has 6 nitrogen and oxygen atoms in total. The normalized spacial score (nSPS) is 21.8. The zero-order valence-corrected chi connectivity index (χ0v) is 19.5. The molecule has 0 radical (unpaired) electrons. The number of carbonyl (C=O) groups excluding carboxylic acids is 1. The lowest BCUT2D eigenvalue weighted by atomic mass is 9.99. The molecule has 174 valence electrons. The van der Waals surface area contributed by atoms with Crippen molar-refractivity contribution in [2.45, 2.75) is 49.2 Å². The highest BCUT2D eigenvalue weighted by Gasteiger charge is 2.36. The molecule has 0 heterocycles. The summed E-state index contributed by atoms with van der Waals surface area (Å²) in [5.74, 6) is -0.349. The minimum Gasteiger partial charge on any atom is -0.445 e. The molecule has 0 spiro atoms. The fourth-order valence-electron chi connectivity index (χ4n) is 3.56. The van der Waals surface area contributed by atoms with Gasteiger partial charge in [0.15, 0.2) is 0 Å². The summed E-state index contributed by atoms with van der Waals surface area (Å²) in [5, 5.41) is 2.57. The fraction of sp³-hybridized carbons (Fsp3) is 0.409. The van der Waals surface area contributed by atoms with Crippen LogP contribution in [0.15, 0.2) is 64.0 Å². The monoisotopic (exact) mass is 531 g/mol. The summed E-state index contributed by atoms with van der Waals surface area (Å²) in [6, 6.07) is 14.1. The molecule has 1 amide bonds. The van der Waals surface area contributed by atoms with Crippen LogP contribution in [0.2, 0.25) is 0 Å². The van der Waals surface area contributed by atoms with E-state index in [9.17, 15) is 22.0 Å². The van der Waals surface area contributed by atoms with Gasteiger partial charge in [0, 0.05) is 4.47 Å². The van der Waals surface area contributed by atoms with Gasteiger partial charge in [-0.2, -0.15) is 8.42 Å². The molecular formula is C22H24BrF2NO5S. The van der Waals surface area contributed by atoms with Crippen LogP contribution in [-0.2, 0) is 25.6 Å². The molecule has 1 saturated carbocycles. The van der Waals surface area contributed by atoms with Gasteiger partial charge in [0.25, 0.3) is 10.1 Å². The zero-order chi connectivity index (χ0) is 23.1. The predicted molar refractivity (Wildman–Crippen MR) is 118 cm³/mol. The van der Waals surface area contributed by atoms with E-state index in [0.717, 1.165) is 5.56 Å². The van der Waals surface area contributed by atoms with E-state index < -0.39 is 34.6 Å². The molecule has 1 aliphatic carbocycles. The van der Waals surface area contributed by atoms with Crippen LogP contribution in [0.25, 0.3) is 0 Å². The fourth-order valence-corrected chi connectivity index (χ4v) is 4.78. The van der Waals surface area contributed by atoms with Gasteiger partial charge in [0.05, 0.1) is 17.5 Å². The van der Waals surface area contributed by atoms with Crippen molar-refractivity contribution < 1.29 is 30.9 Å². The second-order valence-corrected chi connectivity index (χ2v) is 10.2. The molecule has 0 saturated heterocycles. The van der Waals surface area contributed by atoms with E-state index in [1.807, 2.05) is 6.07 Å². The molecule has 1 fully saturated rings. The van der Waals surface area contributed by atoms with Crippen LogP contribution >= 0.6 is 15.9 Å². The topological polar surface area (TPSA) is 81.7 Å². The Morgan fingerprint density at radius 3 is 2.31 bits per heavy atom. The molecule has 0 aliphatic heterocycles. The molecular weight excluding hydrogens is 508 g/mol. The Bertz CT molecular complexity index is 981. The number of hydrogen-bond donors (Lipinski definition) is 1. The van der Waals surface area contributed by atoms with Crippen molar-refractivity contribution in [3.05, 3.63) is 64.6 Å². The number of nitrogens with one attached hydrogen (secondary N) is 1. The minimum atomic E-state index is -4.08. The molecule has 0 bridgehead atoms. The first-order valence-electron chi connectivity index (χ1n) is 10.1. The quantitative estimate of drug-likeness (QED) is 0.464. The molecule has 1 N–H and O–H groups in total. The second kappa shape index (κ2) is 11.2. The number of hydrogen-bond acceptors (Lipinski definition) is 5. The van der Waals surface area contributed by atoms with E-state index >= 15 is 0 Å². The van der Waals surface area contributed by atoms with E-state index in [2.05, 4.69) is 21.2 Å². The van der Waals surface area contributed by atoms with Gasteiger partial charge < -0.3 is 10.1 Å². The van der Waals surface area contributed by atoms with Gasteiger partial charge in [-0.3, -0.25) is 4.18 Å². The van der Waals surface area contributed by atoms with E-state index in [1.54, 1.807) is 36.4 Å². The van der Waals surface area contributed by atoms with Gasteiger partial charge >= 0.3 is 6.09 Å². The summed E-state index contributed by atoms with van der Waals surface area (Å²) in [7, 11) is -4.08. The van der Waals surface area contributed by atoms with Gasteiger partial charge in [0.2, 0.25) is 0 Å². The van der Waals surface area contributed by atoms with Crippen LogP contribution in [0.4, 0.5) is 13.6 Å². The number of rotatable bonds is 9. The predicted octanol–water partition coefficient (Wildman–Crippen LogP) is 4.93. The first kappa shape index (κ1) is 24.6. The average Bonchev–Trinajstić information content (AvgIpc) is 3.08. The Hall–Kier alpha value is -2.04. The summed E-state index contributed by atoms with van der Waals surface area (Å²) in [4.78, 5) is 12.2. The van der Waals surface area contributed by atoms with Crippen LogP contribution in [0, 0.1) is 5.92 Å². The Labute approximate surface area is 194 Å². The number of carbonyl (C=O) groups is 1. The van der Waals surface area contributed by atoms with E-state index in [0.29, 0.717) is 4.47 Å². The lowest BCUT2D eigenvalue weighted by Gasteiger charge is -2.21. The van der Waals surface area contributed by atoms with Gasteiger partial charge in [-0.1, -0.05) is 46.3 Å². The van der Waals surface area contributed by atoms with Crippen LogP contribution in [0.1, 0.15) is 24.8 Å². The van der Waals surface area contributed by atoms with Crippen molar-refractivity contribution in [1.29, 1.82) is 0 Å². The highest BCUT2D eigenvalue weighted by molar-refractivity contribution is 9.10. The summed E-state index contributed by atoms with van der Waals surface area (Å²) in [6.07, 6.45) is -3.70. The molecule has 3 rings (SSSR count). The molecule has 0 aromatic heterocycles. The smallest absolute Gasteiger partial charge is 0.407 e. The van der Waals surface area contributed by atoms with Crippen molar-refractivity contribution in [3.63, 3.8) is 0 Å². The van der Waals surface area contributed by atoms with Crippen LogP contribution < -0.4 is 5.32 Å². The molecule has 1 aliphatic rings. The highest BCUT2D eigenvalue weighted by atomic mass is 79.9. The Balaban J connectivity index is 1.61. The van der Waals surface area contributed by atoms with Crippen molar-refractivity contribution >= 4 is 32.1 Å². The molecule has 2 unspecified atom stereocenters. The maximum atomic E-state index is 13.6. The third-order valence-electron chi connectivity index (χ3n) is 5.19. The van der Waals surface area contributed by atoms with Crippen LogP contribution in [-0.4, -0.2) is 39.5 Å². The number of amides is 1. The summed E-state index contributed by atoms with van der Waals surface area (Å²) in [6.45, 7) is -0.358. The van der Waals surface area contributed by atoms with Crippen LogP contribution in [0.3, 0.4) is 0 Å². The van der Waals surface area contributed by atoms with Gasteiger partial charge in [0.1, 0.15) is 19.0 Å². The van der Waals surface area contributed by atoms with Crippen molar-refractivity contribution in [2.24, 2.45) is 5.92 Å². The highest BCUT2D eigenvalue weighted by Crippen LogP contribution is 2.34. The first-order chi connectivity index (χ1) is 15.2. The van der Waals surface area contributed by atoms with Gasteiger partial charge in [-0.15, -0.1) is 0 Å². The molecule has 2 aromatic rings. The van der Waals surface area contributed by atoms with Crippen molar-refractivity contribution in [2.75, 3.05) is 6.61 Å². The number of halogens is 3. The molecule has 10 heteroatoms. The zero-order valence-electron chi connectivity index (χ0n) is 17.1. The van der Waals surface area contributed by atoms with E-state index in [-0.39, 0.29) is 43.3 Å². The SMILES string of the molecule is O=C(NC(COS(=O)(=O)c1ccc(Br)cc1)CC1C[C@@H](F)[C@@H](F)C1)OCc1ccccc1. The largest absolute Gasteiger partial charge is 0.445 e. The average molecular weight is 532 g/mol. The molecule has 32 heavy (non-hydrogen) atoms. The van der Waals surface area contributed by atoms with E-state index in [1.165, 1.54) is 12.1 Å². The lowest BCUT2D eigenvalue weighted by molar-refractivity contribution is 0.128. The first-order valence-corrected chi connectivity index (χ1v) is 12.3. The van der Waals surface area contributed by atoms with Crippen molar-refractivity contribution in [1.82, 2.24) is 5.32 Å². The number of alkyl halides is 2. The minimum absolute atomic E-state index is 0.0118. The Morgan fingerprint density at radius 1 is 1.06 bits per heavy atom. The maximum absolute atomic E-state index is 13.6. The lowest BCUT2D eigenvalue weighted by Crippen LogP contribution is -2.40. The maximum Gasteiger partial charge on any atom is 0.407 e. The number of ether oxygens (including phenoxy) is 1. The van der Waals surface area contributed by atoms with Gasteiger partial charge in [-0.25, -0.2) is 13.6 Å². The Kier molecular flexibility index (Phi) is 8.61. The summed E-state index contributed by atoms with van der Waals surface area (Å²) < 4.78 is 63.2. The third-order valence-corrected chi connectivity index (χ3v) is 7.01. The molecule has 4 atom stereocenters. The standard InChI is InChI=1S/C22H24BrF2NO5S/c23-17-6-8-19(9-7-17)32(28,29)31-14-18(10-16-11-20(24)21(25)12-16)26-22(27)30-13-15-4-2-1-3-5-15/h1-9,16,18,20-21H,10-14H2,(H,26,27)/t16?,18?,20-,21+. The van der Waals surface area contributed by atoms with Crippen LogP contribution in [0.5, 0.6) is 0 Å². The summed E-state index contributed by atoms with van der Waals surface area (Å²) >= 11 is 3.23. The number of alkyl carbamates (subject to hydrolysis) is 1. The van der Waals surface area contributed by atoms with E-state index in [4.69, 9.17) is 8.92 Å². The number of benzene rings is 2. The Morgan fingerprint density at radius 2 is 1.69 bits per heavy atom. The second-order valence-electron chi connectivity index (χ2n) is 7.70. The van der Waals surface area contributed by atoms with Crippen molar-refractivity contribution in [3.8, 4) is 0 Å². The summed E-state index contributed by atoms with van der Waals surface area (Å²) in [5.41, 5.74) is 0.782. The third kappa shape index (κ3) is 7.25. The van der Waals surface area contributed by atoms with Gasteiger partial charge in [-0.05, 0) is 55.0 Å².